The quantitative estimate of drug-likeness (QED) is 0.419. The molecule has 0 rings (SSSR count). The van der Waals surface area contributed by atoms with Crippen molar-refractivity contribution in [2.24, 2.45) is 0 Å². The van der Waals surface area contributed by atoms with Gasteiger partial charge >= 0.3 is 29.6 Å². The molecule has 0 aliphatic rings. The minimum atomic E-state index is 0. The van der Waals surface area contributed by atoms with Crippen LogP contribution in [0.1, 0.15) is 0 Å². The molecule has 5 heteroatoms. The van der Waals surface area contributed by atoms with E-state index in [1.807, 2.05) is 0 Å². The van der Waals surface area contributed by atoms with Crippen LogP contribution in [0.4, 0.5) is 0 Å². The molecule has 1 nitrogen and oxygen atoms in total. The van der Waals surface area contributed by atoms with Crippen LogP contribution in [0, 0.1) is 0 Å². The molecule has 0 amide bonds. The summed E-state index contributed by atoms with van der Waals surface area (Å²) in [4.78, 5) is 0. The molecule has 0 fully saturated rings. The number of hydrogen-bond donors (Lipinski definition) is 1. The normalized spacial score (nSPS) is 1.20. The Kier molecular flexibility index (Phi) is 201. The zero-order valence-corrected chi connectivity index (χ0v) is 2.81. The van der Waals surface area contributed by atoms with E-state index in [4.69, 9.17) is 4.66 Å². The molecule has 0 heterocycles. The van der Waals surface area contributed by atoms with Crippen LogP contribution >= 0.6 is 24.3 Å². The van der Waals surface area contributed by atoms with E-state index in [-0.39, 0.29) is 59.3 Å². The number of halogens is 2. The Bertz CT molecular complexity index is 9.61. The van der Waals surface area contributed by atoms with Crippen molar-refractivity contribution in [3.8, 4) is 0 Å². The summed E-state index contributed by atoms with van der Waals surface area (Å²) in [5, 5.41) is 0. The van der Waals surface area contributed by atoms with Crippen LogP contribution < -0.4 is 0 Å². The van der Waals surface area contributed by atoms with Crippen LogP contribution in [-0.2, 0) is 0 Å². The first-order chi connectivity index (χ1) is 1.00. The van der Waals surface area contributed by atoms with Gasteiger partial charge in [0.15, 0.2) is 17.4 Å². The average Bonchev–Trinajstić information content (AvgIpc) is 1.00. The summed E-state index contributed by atoms with van der Waals surface area (Å²) in [5.41, 5.74) is 0. The van der Waals surface area contributed by atoms with Crippen molar-refractivity contribution in [3.63, 3.8) is 0 Å². The summed E-state index contributed by atoms with van der Waals surface area (Å²) in [5.74, 6) is 0. The van der Waals surface area contributed by atoms with Crippen LogP contribution in [0.25, 0.3) is 0 Å². The third-order valence-electron chi connectivity index (χ3n) is 0. The maximum absolute atomic E-state index is 6.47. The van der Waals surface area contributed by atoms with Crippen molar-refractivity contribution in [2.75, 3.05) is 0 Å². The van der Waals surface area contributed by atoms with Gasteiger partial charge in [0, 0.05) is 0 Å². The van der Waals surface area contributed by atoms with Crippen LogP contribution in [0.5, 0.6) is 0 Å². The second-order valence-electron chi connectivity index (χ2n) is 0. The second-order valence-corrected chi connectivity index (χ2v) is 0. The van der Waals surface area contributed by atoms with Gasteiger partial charge in [0.05, 0.1) is 11.9 Å². The Balaban J connectivity index is -0.00000000167. The predicted molar refractivity (Wildman–Crippen MR) is 32.4 cm³/mol. The number of rotatable bonds is 0. The fraction of sp³-hybridized carbons (Fsp3) is 0. The van der Waals surface area contributed by atoms with E-state index < -0.39 is 0 Å². The standard InChI is InChI=1S/Al.ClHO.ClH.Na.4H/c;1-2;;;;;;/h;2H;1H;;;;;. The van der Waals surface area contributed by atoms with E-state index >= 15 is 0 Å². The summed E-state index contributed by atoms with van der Waals surface area (Å²) in [6.45, 7) is 0. The van der Waals surface area contributed by atoms with Gasteiger partial charge in [0.25, 0.3) is 0 Å². The van der Waals surface area contributed by atoms with Gasteiger partial charge in [-0.25, -0.2) is 0 Å². The predicted octanol–water partition coefficient (Wildman–Crippen LogP) is -1.28. The Hall–Kier alpha value is 2.07. The second kappa shape index (κ2) is 36.4. The fourth-order valence-electron chi connectivity index (χ4n) is 0. The van der Waals surface area contributed by atoms with Gasteiger partial charge in [-0.05, 0) is 0 Å². The zero-order chi connectivity index (χ0) is 2.00. The molecule has 0 aromatic heterocycles. The molecule has 0 aromatic rings. The van der Waals surface area contributed by atoms with Crippen LogP contribution in [0.3, 0.4) is 0 Å². The maximum atomic E-state index is 6.47. The third kappa shape index (κ3) is 23.4. The first-order valence-corrected chi connectivity index (χ1v) is 0.507. The van der Waals surface area contributed by atoms with Crippen molar-refractivity contribution >= 4 is 71.2 Å². The van der Waals surface area contributed by atoms with E-state index in [9.17, 15) is 0 Å². The van der Waals surface area contributed by atoms with Crippen LogP contribution in [0.2, 0.25) is 0 Å². The first kappa shape index (κ1) is 27.6. The van der Waals surface area contributed by atoms with E-state index in [2.05, 4.69) is 11.9 Å². The monoisotopic (exact) mass is 142 g/mol. The topological polar surface area (TPSA) is 20.2 Å². The molecule has 1 N–H and O–H groups in total. The van der Waals surface area contributed by atoms with Crippen molar-refractivity contribution in [1.29, 1.82) is 0 Å². The molecule has 0 aliphatic heterocycles. The van der Waals surface area contributed by atoms with Gasteiger partial charge in [0.2, 0.25) is 0 Å². The molecule has 0 spiro atoms. The molecule has 0 atom stereocenters. The molecular weight excluding hydrogens is 137 g/mol. The molecule has 0 saturated heterocycles. The molecule has 0 aliphatic carbocycles. The summed E-state index contributed by atoms with van der Waals surface area (Å²) < 4.78 is 6.47. The molecule has 30 valence electrons. The van der Waals surface area contributed by atoms with Crippen molar-refractivity contribution in [2.45, 2.75) is 0 Å². The van der Waals surface area contributed by atoms with E-state index in [1.165, 1.54) is 0 Å². The van der Waals surface area contributed by atoms with E-state index in [1.54, 1.807) is 0 Å². The molecule has 0 radical (unpaired) electrons. The Labute approximate surface area is 75.1 Å². The first-order valence-electron chi connectivity index (χ1n) is 0.169. The Morgan fingerprint density at radius 2 is 1.20 bits per heavy atom. The average molecular weight is 143 g/mol. The Morgan fingerprint density at radius 3 is 1.20 bits per heavy atom. The summed E-state index contributed by atoms with van der Waals surface area (Å²) in [6.07, 6.45) is 0. The summed E-state index contributed by atoms with van der Waals surface area (Å²) in [7, 11) is 0. The SMILES string of the molecule is Cl.OCl.[AlH3].[NaH]. The Morgan fingerprint density at radius 1 is 1.20 bits per heavy atom. The molecule has 0 bridgehead atoms. The van der Waals surface area contributed by atoms with Gasteiger partial charge in [0.1, 0.15) is 0 Å². The van der Waals surface area contributed by atoms with Gasteiger partial charge < -0.3 is 0 Å². The van der Waals surface area contributed by atoms with Crippen LogP contribution in [0.15, 0.2) is 0 Å². The van der Waals surface area contributed by atoms with Gasteiger partial charge in [-0.3, -0.25) is 4.66 Å². The minimum absolute atomic E-state index is 0. The third-order valence-corrected chi connectivity index (χ3v) is 0. The van der Waals surface area contributed by atoms with E-state index in [0.717, 1.165) is 0 Å². The van der Waals surface area contributed by atoms with Gasteiger partial charge in [-0.2, -0.15) is 0 Å². The zero-order valence-electron chi connectivity index (χ0n) is 1.23. The molecular formula is H6AlCl2NaO. The van der Waals surface area contributed by atoms with Crippen molar-refractivity contribution in [1.82, 2.24) is 0 Å². The van der Waals surface area contributed by atoms with E-state index in [0.29, 0.717) is 0 Å². The van der Waals surface area contributed by atoms with Crippen molar-refractivity contribution < 1.29 is 4.66 Å². The van der Waals surface area contributed by atoms with Crippen LogP contribution in [-0.4, -0.2) is 51.6 Å². The van der Waals surface area contributed by atoms with Gasteiger partial charge in [-0.15, -0.1) is 12.4 Å². The van der Waals surface area contributed by atoms with Crippen molar-refractivity contribution in [3.05, 3.63) is 0 Å². The molecule has 0 unspecified atom stereocenters. The fourth-order valence-corrected chi connectivity index (χ4v) is 0. The van der Waals surface area contributed by atoms with Gasteiger partial charge in [-0.1, -0.05) is 0 Å². The number of hydrogen-bond acceptors (Lipinski definition) is 1. The summed E-state index contributed by atoms with van der Waals surface area (Å²) in [6, 6.07) is 0. The molecule has 0 aromatic carbocycles. The summed E-state index contributed by atoms with van der Waals surface area (Å²) >= 11 is 3.64. The molecule has 0 saturated carbocycles. The molecule has 5 heavy (non-hydrogen) atoms.